The molecule has 2 aromatic rings. The first kappa shape index (κ1) is 17.9. The Kier molecular flexibility index (Phi) is 5.86. The molecule has 0 radical (unpaired) electrons. The second kappa shape index (κ2) is 8.49. The molecule has 1 saturated heterocycles. The molecule has 0 spiro atoms. The Labute approximate surface area is 152 Å². The van der Waals surface area contributed by atoms with E-state index >= 15 is 0 Å². The van der Waals surface area contributed by atoms with E-state index in [9.17, 15) is 9.59 Å². The van der Waals surface area contributed by atoms with Crippen LogP contribution in [-0.4, -0.2) is 43.3 Å². The molecule has 0 aliphatic carbocycles. The molecule has 136 valence electrons. The molecule has 1 aliphatic rings. The third-order valence-electron chi connectivity index (χ3n) is 4.32. The number of hydrogen-bond acceptors (Lipinski definition) is 4. The van der Waals surface area contributed by atoms with Crippen molar-refractivity contribution in [3.8, 4) is 0 Å². The molecule has 6 nitrogen and oxygen atoms in total. The summed E-state index contributed by atoms with van der Waals surface area (Å²) in [4.78, 5) is 25.4. The maximum Gasteiger partial charge on any atom is 0.303 e. The molecule has 2 aromatic carbocycles. The molecular weight excluding hydrogens is 332 g/mol. The highest BCUT2D eigenvalue weighted by molar-refractivity contribution is 6.04. The summed E-state index contributed by atoms with van der Waals surface area (Å²) in [5.41, 5.74) is 3.21. The number of anilines is 2. The minimum absolute atomic E-state index is 0.0698. The van der Waals surface area contributed by atoms with Crippen LogP contribution in [0.2, 0.25) is 0 Å². The molecule has 0 atom stereocenters. The minimum atomic E-state index is -0.834. The molecule has 0 bridgehead atoms. The van der Waals surface area contributed by atoms with Gasteiger partial charge >= 0.3 is 5.97 Å². The van der Waals surface area contributed by atoms with E-state index in [-0.39, 0.29) is 12.3 Å². The van der Waals surface area contributed by atoms with Gasteiger partial charge in [0.2, 0.25) is 0 Å². The van der Waals surface area contributed by atoms with Gasteiger partial charge in [-0.15, -0.1) is 0 Å². The summed E-state index contributed by atoms with van der Waals surface area (Å²) in [6.45, 7) is 3.16. The smallest absolute Gasteiger partial charge is 0.303 e. The lowest BCUT2D eigenvalue weighted by atomic mass is 10.1. The third-order valence-corrected chi connectivity index (χ3v) is 4.32. The number of morpholine rings is 1. The van der Waals surface area contributed by atoms with Gasteiger partial charge in [-0.3, -0.25) is 9.59 Å². The van der Waals surface area contributed by atoms with Gasteiger partial charge in [0.05, 0.1) is 13.2 Å². The average molecular weight is 354 g/mol. The van der Waals surface area contributed by atoms with Crippen LogP contribution in [0.4, 0.5) is 11.4 Å². The van der Waals surface area contributed by atoms with Gasteiger partial charge < -0.3 is 20.1 Å². The van der Waals surface area contributed by atoms with Gasteiger partial charge in [-0.2, -0.15) is 0 Å². The number of carboxylic acids is 1. The van der Waals surface area contributed by atoms with Crippen LogP contribution in [0.25, 0.3) is 0 Å². The zero-order valence-electron chi connectivity index (χ0n) is 14.5. The number of aliphatic carboxylic acids is 1. The predicted molar refractivity (Wildman–Crippen MR) is 99.8 cm³/mol. The fourth-order valence-corrected chi connectivity index (χ4v) is 2.90. The average Bonchev–Trinajstić information content (AvgIpc) is 2.67. The second-order valence-electron chi connectivity index (χ2n) is 6.19. The van der Waals surface area contributed by atoms with Crippen LogP contribution >= 0.6 is 0 Å². The molecule has 1 amide bonds. The van der Waals surface area contributed by atoms with Crippen molar-refractivity contribution in [1.29, 1.82) is 0 Å². The standard InChI is InChI=1S/C20H22N2O4/c23-19(24)9-4-15-2-1-3-17(14-15)21-20(25)16-5-7-18(8-6-16)22-10-12-26-13-11-22/h1-3,5-8,14H,4,9-13H2,(H,21,25)(H,23,24). The number of aryl methyl sites for hydroxylation is 1. The number of ether oxygens (including phenoxy) is 1. The van der Waals surface area contributed by atoms with E-state index in [0.717, 1.165) is 37.6 Å². The summed E-state index contributed by atoms with van der Waals surface area (Å²) in [5.74, 6) is -1.02. The van der Waals surface area contributed by atoms with Crippen LogP contribution in [0, 0.1) is 0 Å². The van der Waals surface area contributed by atoms with Crippen molar-refractivity contribution in [2.45, 2.75) is 12.8 Å². The van der Waals surface area contributed by atoms with Crippen molar-refractivity contribution < 1.29 is 19.4 Å². The normalized spacial score (nSPS) is 14.1. The number of benzene rings is 2. The van der Waals surface area contributed by atoms with E-state index in [1.54, 1.807) is 6.07 Å². The van der Waals surface area contributed by atoms with Crippen LogP contribution in [0.1, 0.15) is 22.3 Å². The van der Waals surface area contributed by atoms with Crippen LogP contribution in [0.5, 0.6) is 0 Å². The first-order chi connectivity index (χ1) is 12.6. The molecule has 26 heavy (non-hydrogen) atoms. The lowest BCUT2D eigenvalue weighted by molar-refractivity contribution is -0.136. The summed E-state index contributed by atoms with van der Waals surface area (Å²) in [5, 5.41) is 11.6. The molecule has 0 unspecified atom stereocenters. The number of nitrogens with zero attached hydrogens (tertiary/aromatic N) is 1. The lowest BCUT2D eigenvalue weighted by Crippen LogP contribution is -2.36. The van der Waals surface area contributed by atoms with Crippen molar-refractivity contribution in [3.63, 3.8) is 0 Å². The van der Waals surface area contributed by atoms with Crippen molar-refractivity contribution in [2.24, 2.45) is 0 Å². The number of amides is 1. The Morgan fingerprint density at radius 2 is 1.81 bits per heavy atom. The number of carbonyl (C=O) groups is 2. The summed E-state index contributed by atoms with van der Waals surface area (Å²) < 4.78 is 5.35. The molecule has 1 heterocycles. The van der Waals surface area contributed by atoms with Crippen molar-refractivity contribution in [1.82, 2.24) is 0 Å². The summed E-state index contributed by atoms with van der Waals surface area (Å²) in [6.07, 6.45) is 0.508. The van der Waals surface area contributed by atoms with E-state index in [4.69, 9.17) is 9.84 Å². The molecule has 6 heteroatoms. The largest absolute Gasteiger partial charge is 0.481 e. The van der Waals surface area contributed by atoms with E-state index in [2.05, 4.69) is 10.2 Å². The van der Waals surface area contributed by atoms with Gasteiger partial charge in [-0.1, -0.05) is 12.1 Å². The van der Waals surface area contributed by atoms with Crippen LogP contribution in [0.15, 0.2) is 48.5 Å². The molecular formula is C20H22N2O4. The Bertz CT molecular complexity index is 768. The summed E-state index contributed by atoms with van der Waals surface area (Å²) >= 11 is 0. The summed E-state index contributed by atoms with van der Waals surface area (Å²) in [7, 11) is 0. The number of carbonyl (C=O) groups excluding carboxylic acids is 1. The second-order valence-corrected chi connectivity index (χ2v) is 6.19. The molecule has 0 aromatic heterocycles. The lowest BCUT2D eigenvalue weighted by Gasteiger charge is -2.28. The maximum atomic E-state index is 12.4. The van der Waals surface area contributed by atoms with Crippen molar-refractivity contribution >= 4 is 23.3 Å². The first-order valence-corrected chi connectivity index (χ1v) is 8.67. The monoisotopic (exact) mass is 354 g/mol. The Hall–Kier alpha value is -2.86. The minimum Gasteiger partial charge on any atom is -0.481 e. The zero-order chi connectivity index (χ0) is 18.4. The van der Waals surface area contributed by atoms with Gasteiger partial charge in [-0.05, 0) is 48.4 Å². The Morgan fingerprint density at radius 1 is 1.08 bits per heavy atom. The zero-order valence-corrected chi connectivity index (χ0v) is 14.5. The highest BCUT2D eigenvalue weighted by atomic mass is 16.5. The molecule has 0 saturated carbocycles. The topological polar surface area (TPSA) is 78.9 Å². The predicted octanol–water partition coefficient (Wildman–Crippen LogP) is 2.79. The van der Waals surface area contributed by atoms with Crippen LogP contribution < -0.4 is 10.2 Å². The van der Waals surface area contributed by atoms with E-state index < -0.39 is 5.97 Å². The highest BCUT2D eigenvalue weighted by Gasteiger charge is 2.12. The van der Waals surface area contributed by atoms with Gasteiger partial charge in [0.25, 0.3) is 5.91 Å². The third kappa shape index (κ3) is 4.83. The fourth-order valence-electron chi connectivity index (χ4n) is 2.90. The fraction of sp³-hybridized carbons (Fsp3) is 0.300. The molecule has 1 fully saturated rings. The number of hydrogen-bond donors (Lipinski definition) is 2. The summed E-state index contributed by atoms with van der Waals surface area (Å²) in [6, 6.07) is 14.8. The van der Waals surface area contributed by atoms with E-state index in [1.807, 2.05) is 42.5 Å². The highest BCUT2D eigenvalue weighted by Crippen LogP contribution is 2.18. The first-order valence-electron chi connectivity index (χ1n) is 8.67. The molecule has 3 rings (SSSR count). The van der Waals surface area contributed by atoms with Crippen molar-refractivity contribution in [3.05, 3.63) is 59.7 Å². The number of nitrogens with one attached hydrogen (secondary N) is 1. The molecule has 1 aliphatic heterocycles. The van der Waals surface area contributed by atoms with Crippen LogP contribution in [0.3, 0.4) is 0 Å². The number of carboxylic acid groups (broad SMARTS) is 1. The molecule has 2 N–H and O–H groups in total. The Balaban J connectivity index is 1.62. The number of rotatable bonds is 6. The van der Waals surface area contributed by atoms with E-state index in [0.29, 0.717) is 17.7 Å². The van der Waals surface area contributed by atoms with E-state index in [1.165, 1.54) is 0 Å². The van der Waals surface area contributed by atoms with Gasteiger partial charge in [0.1, 0.15) is 0 Å². The van der Waals surface area contributed by atoms with Gasteiger partial charge in [0, 0.05) is 36.4 Å². The quantitative estimate of drug-likeness (QED) is 0.834. The Morgan fingerprint density at radius 3 is 2.50 bits per heavy atom. The van der Waals surface area contributed by atoms with Gasteiger partial charge in [-0.25, -0.2) is 0 Å². The SMILES string of the molecule is O=C(O)CCc1cccc(NC(=O)c2ccc(N3CCOCC3)cc2)c1. The van der Waals surface area contributed by atoms with Gasteiger partial charge in [0.15, 0.2) is 0 Å². The maximum absolute atomic E-state index is 12.4. The van der Waals surface area contributed by atoms with Crippen LogP contribution in [-0.2, 0) is 16.0 Å². The van der Waals surface area contributed by atoms with Crippen molar-refractivity contribution in [2.75, 3.05) is 36.5 Å².